The number of nitrogens with zero attached hydrogens (tertiary/aromatic N) is 1. The van der Waals surface area contributed by atoms with Crippen LogP contribution in [0.4, 0.5) is 0 Å². The minimum Gasteiger partial charge on any atom is -0.465 e. The summed E-state index contributed by atoms with van der Waals surface area (Å²) in [6.07, 6.45) is 2.37. The predicted molar refractivity (Wildman–Crippen MR) is 62.9 cm³/mol. The molecule has 0 heterocycles. The fourth-order valence-corrected chi connectivity index (χ4v) is 1.24. The third kappa shape index (κ3) is 4.96. The molecule has 4 nitrogen and oxygen atoms in total. The molecule has 0 aliphatic rings. The van der Waals surface area contributed by atoms with Crippen LogP contribution in [-0.2, 0) is 14.3 Å². The number of hydrogen-bond donors (Lipinski definition) is 0. The van der Waals surface area contributed by atoms with E-state index in [4.69, 9.17) is 4.74 Å². The molecule has 0 N–H and O–H groups in total. The van der Waals surface area contributed by atoms with Gasteiger partial charge in [0.2, 0.25) is 5.91 Å². The van der Waals surface area contributed by atoms with Crippen LogP contribution in [0.5, 0.6) is 0 Å². The van der Waals surface area contributed by atoms with Gasteiger partial charge >= 0.3 is 5.97 Å². The molecule has 0 aromatic heterocycles. The number of hydrogen-bond acceptors (Lipinski definition) is 3. The number of carbonyl (C=O) groups is 2. The molecule has 0 saturated heterocycles. The Kier molecular flexibility index (Phi) is 7.25. The highest BCUT2D eigenvalue weighted by molar-refractivity contribution is 5.83. The summed E-state index contributed by atoms with van der Waals surface area (Å²) in [6.45, 7) is 9.82. The second-order valence-corrected chi connectivity index (χ2v) is 3.62. The van der Waals surface area contributed by atoms with E-state index in [9.17, 15) is 9.59 Å². The molecule has 0 rings (SSSR count). The number of rotatable bonds is 7. The number of esters is 1. The lowest BCUT2D eigenvalue weighted by atomic mass is 10.1. The van der Waals surface area contributed by atoms with E-state index in [2.05, 4.69) is 6.58 Å². The van der Waals surface area contributed by atoms with Crippen LogP contribution in [0.1, 0.15) is 27.2 Å². The van der Waals surface area contributed by atoms with Crippen molar-refractivity contribution >= 4 is 11.9 Å². The Balaban J connectivity index is 4.42. The van der Waals surface area contributed by atoms with Crippen molar-refractivity contribution in [2.24, 2.45) is 5.92 Å². The number of ether oxygens (including phenoxy) is 1. The highest BCUT2D eigenvalue weighted by Gasteiger charge is 2.20. The minimum absolute atomic E-state index is 0.00301. The quantitative estimate of drug-likeness (QED) is 0.490. The lowest BCUT2D eigenvalue weighted by Crippen LogP contribution is -2.39. The van der Waals surface area contributed by atoms with Crippen LogP contribution < -0.4 is 0 Å². The van der Waals surface area contributed by atoms with Crippen LogP contribution in [-0.4, -0.2) is 36.5 Å². The molecular weight excluding hydrogens is 206 g/mol. The summed E-state index contributed by atoms with van der Waals surface area (Å²) in [4.78, 5) is 24.6. The minimum atomic E-state index is -0.374. The van der Waals surface area contributed by atoms with E-state index in [1.807, 2.05) is 13.8 Å². The van der Waals surface area contributed by atoms with Crippen molar-refractivity contribution in [3.05, 3.63) is 12.7 Å². The average molecular weight is 227 g/mol. The number of amides is 1. The summed E-state index contributed by atoms with van der Waals surface area (Å²) in [5.41, 5.74) is 0. The third-order valence-corrected chi connectivity index (χ3v) is 2.32. The zero-order valence-electron chi connectivity index (χ0n) is 10.4. The Bertz CT molecular complexity index is 251. The van der Waals surface area contributed by atoms with Crippen molar-refractivity contribution in [2.75, 3.05) is 19.7 Å². The van der Waals surface area contributed by atoms with Gasteiger partial charge in [0.05, 0.1) is 6.61 Å². The Morgan fingerprint density at radius 2 is 2.06 bits per heavy atom. The van der Waals surface area contributed by atoms with Gasteiger partial charge < -0.3 is 9.64 Å². The van der Waals surface area contributed by atoms with E-state index in [0.29, 0.717) is 13.2 Å². The van der Waals surface area contributed by atoms with Crippen molar-refractivity contribution in [1.29, 1.82) is 0 Å². The summed E-state index contributed by atoms with van der Waals surface area (Å²) < 4.78 is 4.82. The van der Waals surface area contributed by atoms with E-state index in [1.54, 1.807) is 13.0 Å². The van der Waals surface area contributed by atoms with Gasteiger partial charge in [-0.05, 0) is 13.3 Å². The van der Waals surface area contributed by atoms with Crippen LogP contribution in [0, 0.1) is 5.92 Å². The van der Waals surface area contributed by atoms with Gasteiger partial charge in [-0.2, -0.15) is 0 Å². The summed E-state index contributed by atoms with van der Waals surface area (Å²) in [5.74, 6) is -0.481. The molecule has 0 aliphatic carbocycles. The van der Waals surface area contributed by atoms with E-state index in [0.717, 1.165) is 6.42 Å². The smallest absolute Gasteiger partial charge is 0.325 e. The first-order valence-electron chi connectivity index (χ1n) is 5.62. The molecule has 0 spiro atoms. The maximum atomic E-state index is 11.9. The van der Waals surface area contributed by atoms with Crippen LogP contribution in [0.25, 0.3) is 0 Å². The van der Waals surface area contributed by atoms with Gasteiger partial charge in [-0.1, -0.05) is 19.9 Å². The Morgan fingerprint density at radius 3 is 2.50 bits per heavy atom. The molecule has 0 aromatic carbocycles. The summed E-state index contributed by atoms with van der Waals surface area (Å²) in [6, 6.07) is 0. The van der Waals surface area contributed by atoms with Crippen molar-refractivity contribution in [3.8, 4) is 0 Å². The van der Waals surface area contributed by atoms with Gasteiger partial charge in [-0.25, -0.2) is 0 Å². The van der Waals surface area contributed by atoms with E-state index in [-0.39, 0.29) is 24.3 Å². The fraction of sp³-hybridized carbons (Fsp3) is 0.667. The standard InChI is InChI=1S/C12H21NO3/c1-5-8-13(9-11(14)16-7-3)12(15)10(4)6-2/h5,10H,1,6-9H2,2-4H3. The average Bonchev–Trinajstić information content (AvgIpc) is 2.26. The molecule has 0 radical (unpaired) electrons. The van der Waals surface area contributed by atoms with Crippen LogP contribution in [0.2, 0.25) is 0 Å². The lowest BCUT2D eigenvalue weighted by molar-refractivity contribution is -0.149. The normalized spacial score (nSPS) is 11.7. The summed E-state index contributed by atoms with van der Waals surface area (Å²) >= 11 is 0. The first kappa shape index (κ1) is 14.7. The van der Waals surface area contributed by atoms with Gasteiger partial charge in [0.1, 0.15) is 6.54 Å². The largest absolute Gasteiger partial charge is 0.465 e. The monoisotopic (exact) mass is 227 g/mol. The molecular formula is C12H21NO3. The second kappa shape index (κ2) is 7.91. The third-order valence-electron chi connectivity index (χ3n) is 2.32. The highest BCUT2D eigenvalue weighted by atomic mass is 16.5. The van der Waals surface area contributed by atoms with Gasteiger partial charge in [0, 0.05) is 12.5 Å². The Hall–Kier alpha value is -1.32. The van der Waals surface area contributed by atoms with E-state index >= 15 is 0 Å². The molecule has 0 bridgehead atoms. The maximum absolute atomic E-state index is 11.9. The molecule has 4 heteroatoms. The molecule has 1 atom stereocenters. The van der Waals surface area contributed by atoms with Gasteiger partial charge in [-0.15, -0.1) is 6.58 Å². The zero-order chi connectivity index (χ0) is 12.6. The topological polar surface area (TPSA) is 46.6 Å². The van der Waals surface area contributed by atoms with Gasteiger partial charge in [-0.3, -0.25) is 9.59 Å². The summed E-state index contributed by atoms with van der Waals surface area (Å²) in [5, 5.41) is 0. The molecule has 0 aromatic rings. The zero-order valence-corrected chi connectivity index (χ0v) is 10.4. The van der Waals surface area contributed by atoms with Gasteiger partial charge in [0.15, 0.2) is 0 Å². The Labute approximate surface area is 97.3 Å². The summed E-state index contributed by atoms with van der Waals surface area (Å²) in [7, 11) is 0. The first-order valence-corrected chi connectivity index (χ1v) is 5.62. The van der Waals surface area contributed by atoms with Crippen LogP contribution in [0.3, 0.4) is 0 Å². The van der Waals surface area contributed by atoms with Crippen molar-refractivity contribution in [1.82, 2.24) is 4.90 Å². The number of carbonyl (C=O) groups excluding carboxylic acids is 2. The molecule has 1 unspecified atom stereocenters. The fourth-order valence-electron chi connectivity index (χ4n) is 1.24. The first-order chi connectivity index (χ1) is 7.56. The molecule has 0 aliphatic heterocycles. The van der Waals surface area contributed by atoms with Crippen LogP contribution in [0.15, 0.2) is 12.7 Å². The van der Waals surface area contributed by atoms with Crippen LogP contribution >= 0.6 is 0 Å². The maximum Gasteiger partial charge on any atom is 0.325 e. The SMILES string of the molecule is C=CCN(CC(=O)OCC)C(=O)C(C)CC. The molecule has 0 saturated carbocycles. The molecule has 92 valence electrons. The van der Waals surface area contributed by atoms with E-state index in [1.165, 1.54) is 4.90 Å². The second-order valence-electron chi connectivity index (χ2n) is 3.62. The predicted octanol–water partition coefficient (Wildman–Crippen LogP) is 1.61. The molecule has 16 heavy (non-hydrogen) atoms. The highest BCUT2D eigenvalue weighted by Crippen LogP contribution is 2.06. The Morgan fingerprint density at radius 1 is 1.44 bits per heavy atom. The van der Waals surface area contributed by atoms with Crippen molar-refractivity contribution in [2.45, 2.75) is 27.2 Å². The lowest BCUT2D eigenvalue weighted by Gasteiger charge is -2.23. The molecule has 0 fully saturated rings. The van der Waals surface area contributed by atoms with Gasteiger partial charge in [0.25, 0.3) is 0 Å². The van der Waals surface area contributed by atoms with E-state index < -0.39 is 0 Å². The van der Waals surface area contributed by atoms with Crippen molar-refractivity contribution < 1.29 is 14.3 Å². The molecule has 1 amide bonds. The van der Waals surface area contributed by atoms with Crippen molar-refractivity contribution in [3.63, 3.8) is 0 Å².